The lowest BCUT2D eigenvalue weighted by atomic mass is 10.0. The number of hydrogen-bond donors (Lipinski definition) is 2. The number of fused-ring (bicyclic) bond motifs is 1. The molecule has 1 saturated heterocycles. The molecule has 0 amide bonds. The number of aromatic nitrogens is 2. The van der Waals surface area contributed by atoms with E-state index < -0.39 is 0 Å². The first-order valence-electron chi connectivity index (χ1n) is 11.7. The van der Waals surface area contributed by atoms with Crippen LogP contribution in [0.2, 0.25) is 0 Å². The van der Waals surface area contributed by atoms with E-state index in [2.05, 4.69) is 67.5 Å². The summed E-state index contributed by atoms with van der Waals surface area (Å²) >= 11 is 0. The lowest BCUT2D eigenvalue weighted by Crippen LogP contribution is -2.27. The van der Waals surface area contributed by atoms with E-state index in [0.29, 0.717) is 12.0 Å². The zero-order chi connectivity index (χ0) is 20.9. The van der Waals surface area contributed by atoms with Crippen molar-refractivity contribution in [3.63, 3.8) is 0 Å². The molecule has 0 aliphatic carbocycles. The van der Waals surface area contributed by atoms with Crippen LogP contribution < -0.4 is 10.1 Å². The van der Waals surface area contributed by atoms with Crippen LogP contribution in [0.3, 0.4) is 0 Å². The number of hydrogen-bond acceptors (Lipinski definition) is 3. The van der Waals surface area contributed by atoms with Crippen molar-refractivity contribution in [2.45, 2.75) is 65.3 Å². The zero-order valence-corrected chi connectivity index (χ0v) is 18.6. The minimum Gasteiger partial charge on any atom is -0.493 e. The fourth-order valence-corrected chi connectivity index (χ4v) is 4.21. The van der Waals surface area contributed by atoms with E-state index in [4.69, 9.17) is 9.72 Å². The molecule has 3 aromatic rings. The van der Waals surface area contributed by atoms with Crippen LogP contribution in [-0.4, -0.2) is 23.1 Å². The number of aryl methyl sites for hydroxylation is 1. The van der Waals surface area contributed by atoms with Crippen LogP contribution >= 0.6 is 0 Å². The molecule has 0 bridgehead atoms. The average molecular weight is 406 g/mol. The van der Waals surface area contributed by atoms with Crippen molar-refractivity contribution in [1.82, 2.24) is 15.3 Å². The maximum atomic E-state index is 6.11. The molecule has 1 aliphatic rings. The average Bonchev–Trinajstić information content (AvgIpc) is 3.23. The van der Waals surface area contributed by atoms with Gasteiger partial charge in [0.25, 0.3) is 0 Å². The number of ether oxygens (including phenoxy) is 1. The van der Waals surface area contributed by atoms with E-state index in [0.717, 1.165) is 55.0 Å². The van der Waals surface area contributed by atoms with Crippen LogP contribution in [0.5, 0.6) is 5.75 Å². The van der Waals surface area contributed by atoms with Gasteiger partial charge >= 0.3 is 0 Å². The van der Waals surface area contributed by atoms with E-state index >= 15 is 0 Å². The van der Waals surface area contributed by atoms with Gasteiger partial charge in [0.2, 0.25) is 0 Å². The lowest BCUT2D eigenvalue weighted by Gasteiger charge is -2.21. The van der Waals surface area contributed by atoms with Crippen LogP contribution in [-0.2, 0) is 6.42 Å². The molecule has 2 unspecified atom stereocenters. The molecule has 160 valence electrons. The minimum absolute atomic E-state index is 0.355. The molecular formula is C26H35N3O. The molecule has 30 heavy (non-hydrogen) atoms. The highest BCUT2D eigenvalue weighted by Crippen LogP contribution is 2.30. The third kappa shape index (κ3) is 4.70. The molecule has 1 aromatic heterocycles. The maximum absolute atomic E-state index is 6.11. The molecule has 4 rings (SSSR count). The molecule has 2 aromatic carbocycles. The highest BCUT2D eigenvalue weighted by atomic mass is 16.5. The Hall–Kier alpha value is -2.33. The summed E-state index contributed by atoms with van der Waals surface area (Å²) in [4.78, 5) is 8.40. The molecule has 0 saturated carbocycles. The molecule has 1 fully saturated rings. The summed E-state index contributed by atoms with van der Waals surface area (Å²) < 4.78 is 6.11. The summed E-state index contributed by atoms with van der Waals surface area (Å²) in [6.07, 6.45) is 6.97. The Morgan fingerprint density at radius 3 is 2.70 bits per heavy atom. The third-order valence-corrected chi connectivity index (χ3v) is 6.48. The molecule has 4 nitrogen and oxygen atoms in total. The third-order valence-electron chi connectivity index (χ3n) is 6.48. The smallest absolute Gasteiger partial charge is 0.124 e. The van der Waals surface area contributed by atoms with E-state index in [-0.39, 0.29) is 0 Å². The zero-order valence-electron chi connectivity index (χ0n) is 18.6. The van der Waals surface area contributed by atoms with Crippen LogP contribution in [0.4, 0.5) is 0 Å². The summed E-state index contributed by atoms with van der Waals surface area (Å²) in [5, 5.41) is 3.58. The maximum Gasteiger partial charge on any atom is 0.124 e. The second kappa shape index (κ2) is 9.65. The van der Waals surface area contributed by atoms with Gasteiger partial charge in [0.1, 0.15) is 11.6 Å². The second-order valence-corrected chi connectivity index (χ2v) is 8.68. The van der Waals surface area contributed by atoms with Gasteiger partial charge in [0.15, 0.2) is 0 Å². The Balaban J connectivity index is 1.53. The minimum atomic E-state index is 0.355. The standard InChI is InChI=1S/C26H35N3O/c1-4-18(3)13-15-30-25-12-10-20(16-19(25)5-2)21-9-11-22-24(17-21)29-26(28-22)23-8-6-7-14-27-23/h9-12,16-18,23,27H,4-8,13-15H2,1-3H3,(H,28,29). The van der Waals surface area contributed by atoms with Gasteiger partial charge in [-0.05, 0) is 79.1 Å². The Labute approximate surface area is 180 Å². The number of rotatable bonds is 8. The summed E-state index contributed by atoms with van der Waals surface area (Å²) in [5.41, 5.74) is 5.88. The predicted molar refractivity (Wildman–Crippen MR) is 125 cm³/mol. The van der Waals surface area contributed by atoms with Crippen molar-refractivity contribution in [3.05, 3.63) is 47.8 Å². The van der Waals surface area contributed by atoms with Crippen LogP contribution in [0.25, 0.3) is 22.2 Å². The van der Waals surface area contributed by atoms with Gasteiger partial charge in [-0.1, -0.05) is 45.7 Å². The van der Waals surface area contributed by atoms with Crippen molar-refractivity contribution in [1.29, 1.82) is 0 Å². The molecule has 0 radical (unpaired) electrons. The molecule has 2 heterocycles. The first-order valence-corrected chi connectivity index (χ1v) is 11.7. The SMILES string of the molecule is CCc1cc(-c2ccc3nc(C4CCCCN4)[nH]c3c2)ccc1OCCC(C)CC. The van der Waals surface area contributed by atoms with Gasteiger partial charge in [-0.3, -0.25) is 0 Å². The van der Waals surface area contributed by atoms with E-state index in [1.807, 2.05) is 0 Å². The summed E-state index contributed by atoms with van der Waals surface area (Å²) in [5.74, 6) is 2.81. The largest absolute Gasteiger partial charge is 0.493 e. The Kier molecular flexibility index (Phi) is 6.73. The van der Waals surface area contributed by atoms with E-state index in [1.54, 1.807) is 0 Å². The van der Waals surface area contributed by atoms with Crippen molar-refractivity contribution in [2.75, 3.05) is 13.2 Å². The number of piperidine rings is 1. The Morgan fingerprint density at radius 2 is 1.93 bits per heavy atom. The van der Waals surface area contributed by atoms with Crippen LogP contribution in [0.15, 0.2) is 36.4 Å². The van der Waals surface area contributed by atoms with Gasteiger partial charge in [-0.15, -0.1) is 0 Å². The van der Waals surface area contributed by atoms with Crippen molar-refractivity contribution in [3.8, 4) is 16.9 Å². The number of nitrogens with one attached hydrogen (secondary N) is 2. The van der Waals surface area contributed by atoms with Crippen molar-refractivity contribution in [2.24, 2.45) is 5.92 Å². The highest BCUT2D eigenvalue weighted by Gasteiger charge is 2.18. The molecule has 2 N–H and O–H groups in total. The van der Waals surface area contributed by atoms with Gasteiger partial charge < -0.3 is 15.0 Å². The van der Waals surface area contributed by atoms with E-state index in [1.165, 1.54) is 36.0 Å². The molecule has 4 heteroatoms. The normalized spacial score (nSPS) is 17.9. The van der Waals surface area contributed by atoms with Gasteiger partial charge in [-0.25, -0.2) is 4.98 Å². The number of nitrogens with zero attached hydrogens (tertiary/aromatic N) is 1. The van der Waals surface area contributed by atoms with Gasteiger partial charge in [0, 0.05) is 0 Å². The number of benzene rings is 2. The first kappa shape index (κ1) is 20.9. The van der Waals surface area contributed by atoms with Gasteiger partial charge in [-0.2, -0.15) is 0 Å². The van der Waals surface area contributed by atoms with Crippen LogP contribution in [0.1, 0.15) is 70.3 Å². The Bertz CT molecular complexity index is 972. The second-order valence-electron chi connectivity index (χ2n) is 8.68. The topological polar surface area (TPSA) is 49.9 Å². The number of imidazole rings is 1. The van der Waals surface area contributed by atoms with E-state index in [9.17, 15) is 0 Å². The number of aromatic amines is 1. The van der Waals surface area contributed by atoms with Crippen molar-refractivity contribution < 1.29 is 4.74 Å². The quantitative estimate of drug-likeness (QED) is 0.454. The summed E-state index contributed by atoms with van der Waals surface area (Å²) in [6, 6.07) is 13.5. The molecule has 0 spiro atoms. The predicted octanol–water partition coefficient (Wildman–Crippen LogP) is 6.42. The fourth-order valence-electron chi connectivity index (χ4n) is 4.21. The molecule has 1 aliphatic heterocycles. The Morgan fingerprint density at radius 1 is 1.10 bits per heavy atom. The lowest BCUT2D eigenvalue weighted by molar-refractivity contribution is 0.279. The summed E-state index contributed by atoms with van der Waals surface area (Å²) in [6.45, 7) is 8.59. The monoisotopic (exact) mass is 405 g/mol. The first-order chi connectivity index (χ1) is 14.7. The fraction of sp³-hybridized carbons (Fsp3) is 0.500. The van der Waals surface area contributed by atoms with Gasteiger partial charge in [0.05, 0.1) is 23.7 Å². The van der Waals surface area contributed by atoms with Crippen LogP contribution in [0, 0.1) is 5.92 Å². The molecular weight excluding hydrogens is 370 g/mol. The molecule has 2 atom stereocenters. The van der Waals surface area contributed by atoms with Crippen molar-refractivity contribution >= 4 is 11.0 Å². The highest BCUT2D eigenvalue weighted by molar-refractivity contribution is 5.82. The summed E-state index contributed by atoms with van der Waals surface area (Å²) in [7, 11) is 0. The number of H-pyrrole nitrogens is 1.